The van der Waals surface area contributed by atoms with Crippen LogP contribution in [0.15, 0.2) is 211 Å². The molecule has 11 aromatic rings. The van der Waals surface area contributed by atoms with Gasteiger partial charge in [-0.1, -0.05) is 121 Å². The van der Waals surface area contributed by atoms with Gasteiger partial charge in [0.25, 0.3) is 0 Å². The monoisotopic (exact) mass is 702 g/mol. The second-order valence-electron chi connectivity index (χ2n) is 14.2. The summed E-state index contributed by atoms with van der Waals surface area (Å²) in [5.74, 6) is 0. The summed E-state index contributed by atoms with van der Waals surface area (Å²) in [7, 11) is 0. The Morgan fingerprint density at radius 2 is 0.909 bits per heavy atom. The maximum Gasteiger partial charge on any atom is 0.136 e. The Labute approximate surface area is 318 Å². The number of aromatic nitrogens is 1. The second kappa shape index (κ2) is 12.6. The lowest BCUT2D eigenvalue weighted by Crippen LogP contribution is -2.10. The second-order valence-corrected chi connectivity index (χ2v) is 14.2. The maximum absolute atomic E-state index is 6.17. The molecular formula is C52H34N2O. The zero-order valence-electron chi connectivity index (χ0n) is 29.9. The molecule has 9 aromatic carbocycles. The number of hydrogen-bond acceptors (Lipinski definition) is 2. The van der Waals surface area contributed by atoms with Gasteiger partial charge in [-0.2, -0.15) is 0 Å². The van der Waals surface area contributed by atoms with E-state index in [9.17, 15) is 0 Å². The summed E-state index contributed by atoms with van der Waals surface area (Å²) in [6, 6.07) is 74.1. The molecule has 0 fully saturated rings. The Balaban J connectivity index is 1.03. The van der Waals surface area contributed by atoms with E-state index in [1.807, 2.05) is 12.1 Å². The third-order valence-electron chi connectivity index (χ3n) is 11.0. The summed E-state index contributed by atoms with van der Waals surface area (Å²) < 4.78 is 8.54. The first-order valence-electron chi connectivity index (χ1n) is 18.7. The molecule has 3 heteroatoms. The zero-order valence-corrected chi connectivity index (χ0v) is 29.9. The van der Waals surface area contributed by atoms with Crippen LogP contribution in [0.25, 0.3) is 82.5 Å². The Morgan fingerprint density at radius 1 is 0.327 bits per heavy atom. The summed E-state index contributed by atoms with van der Waals surface area (Å²) in [6.07, 6.45) is 0. The first-order valence-corrected chi connectivity index (χ1v) is 18.7. The van der Waals surface area contributed by atoms with Gasteiger partial charge in [0.15, 0.2) is 0 Å². The summed E-state index contributed by atoms with van der Waals surface area (Å²) >= 11 is 0. The van der Waals surface area contributed by atoms with Crippen LogP contribution in [0.2, 0.25) is 0 Å². The fourth-order valence-corrected chi connectivity index (χ4v) is 8.29. The average Bonchev–Trinajstić information content (AvgIpc) is 3.79. The van der Waals surface area contributed by atoms with Crippen LogP contribution in [-0.4, -0.2) is 4.57 Å². The van der Waals surface area contributed by atoms with Crippen molar-refractivity contribution in [2.24, 2.45) is 0 Å². The van der Waals surface area contributed by atoms with Crippen LogP contribution >= 0.6 is 0 Å². The Hall–Kier alpha value is -7.36. The van der Waals surface area contributed by atoms with Gasteiger partial charge in [0.05, 0.1) is 11.0 Å². The highest BCUT2D eigenvalue weighted by Crippen LogP contribution is 2.41. The standard InChI is InChI=1S/C52H34N2O/c1-3-11-35(12-4-1)36-21-25-42(26-22-36)53(44-29-30-50-47(34-44)45-15-7-9-17-49(45)54(50)41-13-5-2-6-14-41)43-27-23-37(24-28-43)38-19-20-39-33-52-48(32-40(39)31-38)46-16-8-10-18-51(46)55-52/h1-34H. The number of fused-ring (bicyclic) bond motifs is 7. The van der Waals surface area contributed by atoms with Crippen molar-refractivity contribution in [1.82, 2.24) is 4.57 Å². The van der Waals surface area contributed by atoms with Gasteiger partial charge < -0.3 is 13.9 Å². The van der Waals surface area contributed by atoms with Crippen molar-refractivity contribution < 1.29 is 4.42 Å². The average molecular weight is 703 g/mol. The first kappa shape index (κ1) is 31.2. The van der Waals surface area contributed by atoms with Gasteiger partial charge in [0.2, 0.25) is 0 Å². The van der Waals surface area contributed by atoms with Gasteiger partial charge in [-0.15, -0.1) is 0 Å². The summed E-state index contributed by atoms with van der Waals surface area (Å²) in [4.78, 5) is 2.37. The number of benzene rings is 9. The van der Waals surface area contributed by atoms with Crippen molar-refractivity contribution in [3.63, 3.8) is 0 Å². The van der Waals surface area contributed by atoms with E-state index in [1.165, 1.54) is 54.8 Å². The molecule has 55 heavy (non-hydrogen) atoms. The molecule has 0 unspecified atom stereocenters. The van der Waals surface area contributed by atoms with Crippen LogP contribution in [-0.2, 0) is 0 Å². The van der Waals surface area contributed by atoms with E-state index in [4.69, 9.17) is 4.42 Å². The third kappa shape index (κ3) is 5.28. The van der Waals surface area contributed by atoms with Crippen LogP contribution in [0.1, 0.15) is 0 Å². The lowest BCUT2D eigenvalue weighted by atomic mass is 9.99. The highest BCUT2D eigenvalue weighted by molar-refractivity contribution is 6.11. The van der Waals surface area contributed by atoms with E-state index in [1.54, 1.807) is 0 Å². The van der Waals surface area contributed by atoms with Crippen molar-refractivity contribution in [2.75, 3.05) is 4.90 Å². The van der Waals surface area contributed by atoms with Crippen LogP contribution < -0.4 is 4.90 Å². The van der Waals surface area contributed by atoms with Gasteiger partial charge in [0.1, 0.15) is 11.2 Å². The Kier molecular flexibility index (Phi) is 7.17. The normalized spacial score (nSPS) is 11.6. The Morgan fingerprint density at radius 3 is 1.67 bits per heavy atom. The van der Waals surface area contributed by atoms with Crippen molar-refractivity contribution >= 4 is 71.6 Å². The SMILES string of the molecule is c1ccc(-c2ccc(N(c3ccc(-c4ccc5cc6oc7ccccc7c6cc5c4)cc3)c3ccc4c(c3)c3ccccc3n4-c3ccccc3)cc2)cc1. The van der Waals surface area contributed by atoms with E-state index >= 15 is 0 Å². The molecule has 2 heterocycles. The summed E-state index contributed by atoms with van der Waals surface area (Å²) in [5, 5.41) is 7.11. The molecule has 0 spiro atoms. The predicted octanol–water partition coefficient (Wildman–Crippen LogP) is 14.6. The third-order valence-corrected chi connectivity index (χ3v) is 11.0. The number of anilines is 3. The number of para-hydroxylation sites is 3. The van der Waals surface area contributed by atoms with E-state index in [2.05, 4.69) is 204 Å². The molecule has 11 rings (SSSR count). The molecule has 0 amide bonds. The summed E-state index contributed by atoms with van der Waals surface area (Å²) in [6.45, 7) is 0. The molecule has 2 aromatic heterocycles. The number of rotatable bonds is 6. The minimum Gasteiger partial charge on any atom is -0.456 e. The van der Waals surface area contributed by atoms with E-state index in [0.717, 1.165) is 44.7 Å². The lowest BCUT2D eigenvalue weighted by Gasteiger charge is -2.26. The van der Waals surface area contributed by atoms with E-state index < -0.39 is 0 Å². The summed E-state index contributed by atoms with van der Waals surface area (Å²) in [5.41, 5.74) is 13.4. The largest absolute Gasteiger partial charge is 0.456 e. The quantitative estimate of drug-likeness (QED) is 0.172. The van der Waals surface area contributed by atoms with Gasteiger partial charge in [0, 0.05) is 44.3 Å². The molecule has 0 aliphatic rings. The van der Waals surface area contributed by atoms with Crippen LogP contribution in [0.4, 0.5) is 17.1 Å². The van der Waals surface area contributed by atoms with E-state index in [0.29, 0.717) is 0 Å². The van der Waals surface area contributed by atoms with Gasteiger partial charge in [-0.3, -0.25) is 0 Å². The number of nitrogens with zero attached hydrogens (tertiary/aromatic N) is 2. The van der Waals surface area contributed by atoms with Crippen LogP contribution in [0.5, 0.6) is 0 Å². The fraction of sp³-hybridized carbons (Fsp3) is 0. The zero-order chi connectivity index (χ0) is 36.3. The molecule has 0 N–H and O–H groups in total. The highest BCUT2D eigenvalue weighted by atomic mass is 16.3. The van der Waals surface area contributed by atoms with Gasteiger partial charge >= 0.3 is 0 Å². The van der Waals surface area contributed by atoms with Crippen molar-refractivity contribution in [3.8, 4) is 27.9 Å². The molecule has 0 aliphatic carbocycles. The highest BCUT2D eigenvalue weighted by Gasteiger charge is 2.18. The molecule has 0 atom stereocenters. The fourth-order valence-electron chi connectivity index (χ4n) is 8.29. The molecule has 0 aliphatic heterocycles. The Bertz CT molecular complexity index is 3180. The maximum atomic E-state index is 6.17. The first-order chi connectivity index (χ1) is 27.2. The molecule has 0 bridgehead atoms. The van der Waals surface area contributed by atoms with Crippen molar-refractivity contribution in [2.45, 2.75) is 0 Å². The minimum absolute atomic E-state index is 0.920. The molecule has 0 radical (unpaired) electrons. The van der Waals surface area contributed by atoms with E-state index in [-0.39, 0.29) is 0 Å². The molecular weight excluding hydrogens is 669 g/mol. The topological polar surface area (TPSA) is 21.3 Å². The van der Waals surface area contributed by atoms with Crippen molar-refractivity contribution in [1.29, 1.82) is 0 Å². The predicted molar refractivity (Wildman–Crippen MR) is 231 cm³/mol. The number of furan rings is 1. The van der Waals surface area contributed by atoms with Crippen LogP contribution in [0, 0.1) is 0 Å². The minimum atomic E-state index is 0.920. The van der Waals surface area contributed by atoms with Crippen LogP contribution in [0.3, 0.4) is 0 Å². The lowest BCUT2D eigenvalue weighted by molar-refractivity contribution is 0.669. The smallest absolute Gasteiger partial charge is 0.136 e. The molecule has 0 saturated carbocycles. The van der Waals surface area contributed by atoms with Crippen molar-refractivity contribution in [3.05, 3.63) is 206 Å². The molecule has 0 saturated heterocycles. The molecule has 258 valence electrons. The molecule has 3 nitrogen and oxygen atoms in total. The van der Waals surface area contributed by atoms with Gasteiger partial charge in [-0.25, -0.2) is 0 Å². The number of hydrogen-bond donors (Lipinski definition) is 0. The van der Waals surface area contributed by atoms with Gasteiger partial charge in [-0.05, 0) is 118 Å².